The van der Waals surface area contributed by atoms with Gasteiger partial charge in [-0.05, 0) is 30.5 Å². The summed E-state index contributed by atoms with van der Waals surface area (Å²) >= 11 is 0. The van der Waals surface area contributed by atoms with E-state index in [-0.39, 0.29) is 29.3 Å². The summed E-state index contributed by atoms with van der Waals surface area (Å²) in [5, 5.41) is 8.80. The highest BCUT2D eigenvalue weighted by Gasteiger charge is 2.41. The topological polar surface area (TPSA) is 53.3 Å². The van der Waals surface area contributed by atoms with Crippen molar-refractivity contribution < 1.29 is 18.3 Å². The smallest absolute Gasteiger partial charge is 0.166 e. The van der Waals surface area contributed by atoms with E-state index >= 15 is 0 Å². The van der Waals surface area contributed by atoms with E-state index in [4.69, 9.17) is 10.00 Å². The number of nitriles is 1. The van der Waals surface area contributed by atoms with E-state index in [1.165, 1.54) is 11.6 Å². The van der Waals surface area contributed by atoms with Crippen LogP contribution in [0.3, 0.4) is 0 Å². The summed E-state index contributed by atoms with van der Waals surface area (Å²) in [5.74, 6) is -2.55. The Morgan fingerprint density at radius 2 is 1.71 bits per heavy atom. The van der Waals surface area contributed by atoms with Crippen LogP contribution in [-0.2, 0) is 11.3 Å². The minimum Gasteiger partial charge on any atom is -0.378 e. The number of piperidine rings is 1. The molecule has 0 saturated carbocycles. The van der Waals surface area contributed by atoms with Gasteiger partial charge >= 0.3 is 0 Å². The molecule has 2 saturated heterocycles. The number of hydrogen-bond acceptors (Lipinski definition) is 4. The molecule has 0 aromatic heterocycles. The quantitative estimate of drug-likeness (QED) is 0.757. The van der Waals surface area contributed by atoms with Gasteiger partial charge in [0.2, 0.25) is 0 Å². The van der Waals surface area contributed by atoms with Crippen molar-refractivity contribution in [1.82, 2.24) is 4.90 Å². The van der Waals surface area contributed by atoms with Crippen LogP contribution in [0.5, 0.6) is 0 Å². The van der Waals surface area contributed by atoms with Gasteiger partial charge < -0.3 is 4.74 Å². The van der Waals surface area contributed by atoms with Gasteiger partial charge in [-0.2, -0.15) is 5.26 Å². The Morgan fingerprint density at radius 1 is 1.11 bits per heavy atom. The van der Waals surface area contributed by atoms with Crippen LogP contribution in [0.4, 0.5) is 8.78 Å². The molecule has 28 heavy (non-hydrogen) atoms. The van der Waals surface area contributed by atoms with Crippen LogP contribution in [0.1, 0.15) is 34.3 Å². The number of ketones is 1. The first-order chi connectivity index (χ1) is 13.6. The molecule has 2 unspecified atom stereocenters. The van der Waals surface area contributed by atoms with Crippen LogP contribution in [0.15, 0.2) is 42.5 Å². The lowest BCUT2D eigenvalue weighted by atomic mass is 9.80. The molecule has 2 aromatic carbocycles. The molecule has 2 aliphatic heterocycles. The first kappa shape index (κ1) is 18.7. The van der Waals surface area contributed by atoms with E-state index in [2.05, 4.69) is 17.0 Å². The lowest BCUT2D eigenvalue weighted by Crippen LogP contribution is -2.57. The number of nitrogens with zero attached hydrogens (tertiary/aromatic N) is 2. The monoisotopic (exact) mass is 382 g/mol. The number of ether oxygens (including phenoxy) is 1. The van der Waals surface area contributed by atoms with Gasteiger partial charge in [-0.15, -0.1) is 0 Å². The van der Waals surface area contributed by atoms with Gasteiger partial charge in [0.15, 0.2) is 5.78 Å². The van der Waals surface area contributed by atoms with E-state index in [1.807, 2.05) is 18.2 Å². The van der Waals surface area contributed by atoms with Crippen LogP contribution >= 0.6 is 0 Å². The molecule has 144 valence electrons. The molecule has 2 heterocycles. The summed E-state index contributed by atoms with van der Waals surface area (Å²) < 4.78 is 33.6. The number of morpholine rings is 1. The maximum Gasteiger partial charge on any atom is 0.166 e. The maximum absolute atomic E-state index is 13.9. The summed E-state index contributed by atoms with van der Waals surface area (Å²) in [4.78, 5) is 15.3. The van der Waals surface area contributed by atoms with Crippen LogP contribution in [0, 0.1) is 28.9 Å². The normalized spacial score (nSPS) is 24.5. The fourth-order valence-corrected chi connectivity index (χ4v) is 4.31. The van der Waals surface area contributed by atoms with Gasteiger partial charge in [-0.3, -0.25) is 9.69 Å². The van der Waals surface area contributed by atoms with Crippen LogP contribution in [0.25, 0.3) is 0 Å². The van der Waals surface area contributed by atoms with Crippen molar-refractivity contribution >= 4 is 5.78 Å². The third-order valence-corrected chi connectivity index (χ3v) is 5.69. The zero-order valence-corrected chi connectivity index (χ0v) is 15.3. The minimum atomic E-state index is -0.990. The van der Waals surface area contributed by atoms with Crippen molar-refractivity contribution in [2.75, 3.05) is 13.2 Å². The number of Topliss-reactive ketones (excluding diaryl/α,β-unsaturated/α-hetero) is 1. The Labute approximate surface area is 162 Å². The first-order valence-corrected chi connectivity index (χ1v) is 9.37. The number of hydrogen-bond donors (Lipinski definition) is 0. The van der Waals surface area contributed by atoms with Gasteiger partial charge in [-0.25, -0.2) is 8.78 Å². The molecule has 0 aliphatic carbocycles. The number of halogens is 2. The lowest BCUT2D eigenvalue weighted by molar-refractivity contribution is -0.0872. The Morgan fingerprint density at radius 3 is 2.29 bits per heavy atom. The molecule has 2 atom stereocenters. The molecule has 0 N–H and O–H groups in total. The van der Waals surface area contributed by atoms with Crippen molar-refractivity contribution in [3.8, 4) is 6.07 Å². The summed E-state index contributed by atoms with van der Waals surface area (Å²) in [6, 6.07) is 13.8. The number of carbonyl (C=O) groups is 1. The average molecular weight is 382 g/mol. The zero-order valence-electron chi connectivity index (χ0n) is 15.3. The first-order valence-electron chi connectivity index (χ1n) is 9.37. The lowest BCUT2D eigenvalue weighted by Gasteiger charge is -2.48. The third kappa shape index (κ3) is 3.56. The van der Waals surface area contributed by atoms with E-state index in [0.29, 0.717) is 26.1 Å². The zero-order chi connectivity index (χ0) is 19.7. The van der Waals surface area contributed by atoms with Gasteiger partial charge in [0.25, 0.3) is 0 Å². The van der Waals surface area contributed by atoms with E-state index in [9.17, 15) is 13.6 Å². The van der Waals surface area contributed by atoms with Gasteiger partial charge in [0.05, 0.1) is 13.2 Å². The summed E-state index contributed by atoms with van der Waals surface area (Å²) in [6.07, 6.45) is 1.18. The SMILES string of the molecule is N#Cc1c(F)cc(C(=O)C2CC3COCC(C2)N3Cc2ccccc2)cc1F. The van der Waals surface area contributed by atoms with Crippen molar-refractivity contribution in [3.63, 3.8) is 0 Å². The van der Waals surface area contributed by atoms with Crippen LogP contribution in [0.2, 0.25) is 0 Å². The second kappa shape index (κ2) is 7.78. The average Bonchev–Trinajstić information content (AvgIpc) is 2.68. The second-order valence-corrected chi connectivity index (χ2v) is 7.46. The molecule has 4 nitrogen and oxygen atoms in total. The molecule has 4 rings (SSSR count). The molecule has 2 bridgehead atoms. The van der Waals surface area contributed by atoms with E-state index in [1.54, 1.807) is 0 Å². The van der Waals surface area contributed by atoms with Gasteiger partial charge in [0.1, 0.15) is 23.3 Å². The summed E-state index contributed by atoms with van der Waals surface area (Å²) in [7, 11) is 0. The molecule has 2 aromatic rings. The fraction of sp³-hybridized carbons (Fsp3) is 0.364. The van der Waals surface area contributed by atoms with Gasteiger partial charge in [-0.1, -0.05) is 30.3 Å². The largest absolute Gasteiger partial charge is 0.378 e. The third-order valence-electron chi connectivity index (χ3n) is 5.69. The Kier molecular flexibility index (Phi) is 5.21. The fourth-order valence-electron chi connectivity index (χ4n) is 4.31. The molecule has 0 spiro atoms. The highest BCUT2D eigenvalue weighted by Crippen LogP contribution is 2.35. The van der Waals surface area contributed by atoms with Crippen molar-refractivity contribution in [3.05, 3.63) is 70.8 Å². The maximum atomic E-state index is 13.9. The molecular weight excluding hydrogens is 362 g/mol. The standard InChI is InChI=1S/C22H20F2N2O2/c23-20-8-16(9-21(24)19(20)10-25)22(27)15-6-17-12-28-13-18(7-15)26(17)11-14-4-2-1-3-5-14/h1-5,8-9,15,17-18H,6-7,11-13H2. The van der Waals surface area contributed by atoms with Crippen molar-refractivity contribution in [2.45, 2.75) is 31.5 Å². The number of benzene rings is 2. The minimum absolute atomic E-state index is 0.00509. The Balaban J connectivity index is 1.53. The summed E-state index contributed by atoms with van der Waals surface area (Å²) in [5.41, 5.74) is 0.550. The Bertz CT molecular complexity index is 889. The predicted molar refractivity (Wildman–Crippen MR) is 98.5 cm³/mol. The summed E-state index contributed by atoms with van der Waals surface area (Å²) in [6.45, 7) is 1.88. The van der Waals surface area contributed by atoms with Crippen LogP contribution < -0.4 is 0 Å². The second-order valence-electron chi connectivity index (χ2n) is 7.46. The van der Waals surface area contributed by atoms with E-state index < -0.39 is 17.2 Å². The highest BCUT2D eigenvalue weighted by molar-refractivity contribution is 5.98. The molecule has 2 aliphatic rings. The molecule has 2 fully saturated rings. The Hall–Kier alpha value is -2.62. The number of carbonyl (C=O) groups excluding carboxylic acids is 1. The van der Waals surface area contributed by atoms with Crippen molar-refractivity contribution in [1.29, 1.82) is 5.26 Å². The van der Waals surface area contributed by atoms with Gasteiger partial charge in [0, 0.05) is 30.1 Å². The highest BCUT2D eigenvalue weighted by atomic mass is 19.1. The number of fused-ring (bicyclic) bond motifs is 2. The number of rotatable bonds is 4. The molecule has 0 amide bonds. The van der Waals surface area contributed by atoms with E-state index in [0.717, 1.165) is 18.7 Å². The molecular formula is C22H20F2N2O2. The predicted octanol–water partition coefficient (Wildman–Crippen LogP) is 3.70. The molecule has 6 heteroatoms. The molecule has 0 radical (unpaired) electrons. The van der Waals surface area contributed by atoms with Crippen LogP contribution in [-0.4, -0.2) is 36.0 Å². The van der Waals surface area contributed by atoms with Crippen molar-refractivity contribution in [2.24, 2.45) is 5.92 Å².